The molecule has 0 radical (unpaired) electrons. The van der Waals surface area contributed by atoms with E-state index >= 15 is 0 Å². The van der Waals surface area contributed by atoms with Crippen LogP contribution in [0.1, 0.15) is 42.7 Å². The minimum atomic E-state index is -3.19. The SMILES string of the molecule is Cn1cc(C2CS(=O)(=O)CCN2C(=O)c2cnn(C(C)(C)C)c2)cn1. The number of carbonyl (C=O) groups excluding carboxylic acids is 1. The lowest BCUT2D eigenvalue weighted by Crippen LogP contribution is -2.46. The van der Waals surface area contributed by atoms with Gasteiger partial charge < -0.3 is 4.90 Å². The molecule has 0 bridgehead atoms. The first-order valence-corrected chi connectivity index (χ1v) is 9.94. The van der Waals surface area contributed by atoms with E-state index in [-0.39, 0.29) is 29.5 Å². The number of nitrogens with zero attached hydrogens (tertiary/aromatic N) is 5. The maximum atomic E-state index is 13.0. The second-order valence-electron chi connectivity index (χ2n) is 7.42. The number of rotatable bonds is 2. The van der Waals surface area contributed by atoms with Crippen LogP contribution in [0.4, 0.5) is 0 Å². The third-order valence-electron chi connectivity index (χ3n) is 4.32. The van der Waals surface area contributed by atoms with Crippen LogP contribution < -0.4 is 0 Å². The maximum Gasteiger partial charge on any atom is 0.257 e. The summed E-state index contributed by atoms with van der Waals surface area (Å²) in [6.45, 7) is 6.17. The molecule has 1 fully saturated rings. The zero-order valence-electron chi connectivity index (χ0n) is 14.9. The topological polar surface area (TPSA) is 90.1 Å². The monoisotopic (exact) mass is 365 g/mol. The molecule has 2 aromatic rings. The van der Waals surface area contributed by atoms with Crippen molar-refractivity contribution >= 4 is 15.7 Å². The molecule has 2 aromatic heterocycles. The van der Waals surface area contributed by atoms with Crippen LogP contribution in [-0.4, -0.2) is 56.8 Å². The average Bonchev–Trinajstić information content (AvgIpc) is 3.14. The molecule has 3 rings (SSSR count). The van der Waals surface area contributed by atoms with Crippen molar-refractivity contribution in [2.45, 2.75) is 32.4 Å². The van der Waals surface area contributed by atoms with Crippen molar-refractivity contribution in [3.05, 3.63) is 35.9 Å². The predicted molar refractivity (Wildman–Crippen MR) is 92.9 cm³/mol. The summed E-state index contributed by atoms with van der Waals surface area (Å²) in [6, 6.07) is -0.530. The van der Waals surface area contributed by atoms with E-state index < -0.39 is 15.9 Å². The van der Waals surface area contributed by atoms with Crippen LogP contribution in [0.2, 0.25) is 0 Å². The van der Waals surface area contributed by atoms with Gasteiger partial charge in [-0.25, -0.2) is 8.42 Å². The second kappa shape index (κ2) is 5.98. The van der Waals surface area contributed by atoms with Gasteiger partial charge in [0, 0.05) is 31.5 Å². The molecular formula is C16H23N5O3S. The Kier molecular flexibility index (Phi) is 4.22. The largest absolute Gasteiger partial charge is 0.329 e. The van der Waals surface area contributed by atoms with Crippen molar-refractivity contribution in [1.82, 2.24) is 24.5 Å². The minimum absolute atomic E-state index is 0.0249. The van der Waals surface area contributed by atoms with E-state index in [0.717, 1.165) is 5.56 Å². The van der Waals surface area contributed by atoms with Crippen molar-refractivity contribution in [3.63, 3.8) is 0 Å². The Balaban J connectivity index is 1.93. The fourth-order valence-corrected chi connectivity index (χ4v) is 4.40. The number of amides is 1. The molecule has 0 aromatic carbocycles. The van der Waals surface area contributed by atoms with Gasteiger partial charge in [0.1, 0.15) is 0 Å². The first kappa shape index (κ1) is 17.7. The molecule has 0 N–H and O–H groups in total. The summed E-state index contributed by atoms with van der Waals surface area (Å²) in [5.74, 6) is -0.319. The van der Waals surface area contributed by atoms with Gasteiger partial charge in [0.05, 0.1) is 41.0 Å². The maximum absolute atomic E-state index is 13.0. The highest BCUT2D eigenvalue weighted by Gasteiger charge is 2.36. The normalized spacial score (nSPS) is 20.6. The summed E-state index contributed by atoms with van der Waals surface area (Å²) >= 11 is 0. The third-order valence-corrected chi connectivity index (χ3v) is 5.95. The Morgan fingerprint density at radius 2 is 1.92 bits per heavy atom. The summed E-state index contributed by atoms with van der Waals surface area (Å²) in [6.07, 6.45) is 6.62. The molecule has 1 aliphatic rings. The molecule has 1 saturated heterocycles. The lowest BCUT2D eigenvalue weighted by Gasteiger charge is -2.34. The van der Waals surface area contributed by atoms with Crippen molar-refractivity contribution in [2.24, 2.45) is 7.05 Å². The van der Waals surface area contributed by atoms with E-state index in [9.17, 15) is 13.2 Å². The number of aromatic nitrogens is 4. The van der Waals surface area contributed by atoms with Gasteiger partial charge in [-0.1, -0.05) is 0 Å². The van der Waals surface area contributed by atoms with E-state index in [1.54, 1.807) is 39.9 Å². The Labute approximate surface area is 147 Å². The van der Waals surface area contributed by atoms with Crippen LogP contribution in [0.15, 0.2) is 24.8 Å². The van der Waals surface area contributed by atoms with Gasteiger partial charge in [0.2, 0.25) is 0 Å². The van der Waals surface area contributed by atoms with Gasteiger partial charge in [-0.2, -0.15) is 10.2 Å². The minimum Gasteiger partial charge on any atom is -0.329 e. The molecule has 9 heteroatoms. The van der Waals surface area contributed by atoms with Crippen LogP contribution in [0, 0.1) is 0 Å². The van der Waals surface area contributed by atoms with Crippen molar-refractivity contribution < 1.29 is 13.2 Å². The highest BCUT2D eigenvalue weighted by molar-refractivity contribution is 7.91. The van der Waals surface area contributed by atoms with Crippen molar-refractivity contribution in [2.75, 3.05) is 18.1 Å². The summed E-state index contributed by atoms with van der Waals surface area (Å²) < 4.78 is 27.5. The molecule has 1 atom stereocenters. The van der Waals surface area contributed by atoms with Crippen LogP contribution in [0.25, 0.3) is 0 Å². The summed E-state index contributed by atoms with van der Waals surface area (Å²) in [4.78, 5) is 14.6. The van der Waals surface area contributed by atoms with Gasteiger partial charge in [-0.15, -0.1) is 0 Å². The molecule has 8 nitrogen and oxygen atoms in total. The van der Waals surface area contributed by atoms with Gasteiger partial charge in [0.15, 0.2) is 9.84 Å². The standard InChI is InChI=1S/C16H23N5O3S/c1-16(2,3)21-10-13(8-18-21)15(22)20-5-6-25(23,24)11-14(20)12-7-17-19(4)9-12/h7-10,14H,5-6,11H2,1-4H3. The molecule has 25 heavy (non-hydrogen) atoms. The van der Waals surface area contributed by atoms with Gasteiger partial charge in [-0.3, -0.25) is 14.2 Å². The number of carbonyl (C=O) groups is 1. The van der Waals surface area contributed by atoms with Crippen LogP contribution in [-0.2, 0) is 22.4 Å². The van der Waals surface area contributed by atoms with Crippen LogP contribution >= 0.6 is 0 Å². The van der Waals surface area contributed by atoms with Crippen molar-refractivity contribution in [1.29, 1.82) is 0 Å². The fraction of sp³-hybridized carbons (Fsp3) is 0.562. The Bertz CT molecular complexity index is 891. The first-order chi connectivity index (χ1) is 11.6. The first-order valence-electron chi connectivity index (χ1n) is 8.12. The molecule has 1 unspecified atom stereocenters. The fourth-order valence-electron chi connectivity index (χ4n) is 2.90. The number of hydrogen-bond acceptors (Lipinski definition) is 5. The quantitative estimate of drug-likeness (QED) is 0.791. The van der Waals surface area contributed by atoms with Crippen molar-refractivity contribution in [3.8, 4) is 0 Å². The van der Waals surface area contributed by atoms with E-state index in [4.69, 9.17) is 0 Å². The summed E-state index contributed by atoms with van der Waals surface area (Å²) in [5.41, 5.74) is 0.956. The molecule has 136 valence electrons. The number of aryl methyl sites for hydroxylation is 1. The zero-order chi connectivity index (χ0) is 18.4. The number of hydrogen-bond donors (Lipinski definition) is 0. The molecule has 1 aliphatic heterocycles. The summed E-state index contributed by atoms with van der Waals surface area (Å²) in [5, 5.41) is 8.38. The second-order valence-corrected chi connectivity index (χ2v) is 9.65. The van der Waals surface area contributed by atoms with Crippen LogP contribution in [0.3, 0.4) is 0 Å². The lowest BCUT2D eigenvalue weighted by atomic mass is 10.1. The van der Waals surface area contributed by atoms with E-state index in [1.807, 2.05) is 20.8 Å². The zero-order valence-corrected chi connectivity index (χ0v) is 15.7. The summed E-state index contributed by atoms with van der Waals surface area (Å²) in [7, 11) is -1.42. The lowest BCUT2D eigenvalue weighted by molar-refractivity contribution is 0.0697. The molecule has 1 amide bonds. The van der Waals surface area contributed by atoms with E-state index in [2.05, 4.69) is 10.2 Å². The number of sulfone groups is 1. The Hall–Kier alpha value is -2.16. The Morgan fingerprint density at radius 3 is 2.48 bits per heavy atom. The van der Waals surface area contributed by atoms with E-state index in [0.29, 0.717) is 5.56 Å². The molecule has 3 heterocycles. The third kappa shape index (κ3) is 3.60. The van der Waals surface area contributed by atoms with Gasteiger partial charge >= 0.3 is 0 Å². The highest BCUT2D eigenvalue weighted by atomic mass is 32.2. The van der Waals surface area contributed by atoms with Gasteiger partial charge in [0.25, 0.3) is 5.91 Å². The van der Waals surface area contributed by atoms with Gasteiger partial charge in [-0.05, 0) is 20.8 Å². The molecule has 0 saturated carbocycles. The van der Waals surface area contributed by atoms with Crippen LogP contribution in [0.5, 0.6) is 0 Å². The average molecular weight is 365 g/mol. The molecule has 0 spiro atoms. The predicted octanol–water partition coefficient (Wildman–Crippen LogP) is 0.983. The molecule has 0 aliphatic carbocycles. The highest BCUT2D eigenvalue weighted by Crippen LogP contribution is 2.28. The Morgan fingerprint density at radius 1 is 1.20 bits per heavy atom. The smallest absolute Gasteiger partial charge is 0.257 e. The molecular weight excluding hydrogens is 342 g/mol. The van der Waals surface area contributed by atoms with E-state index in [1.165, 1.54) is 6.20 Å².